The average Bonchev–Trinajstić information content (AvgIpc) is 2.43. The summed E-state index contributed by atoms with van der Waals surface area (Å²) in [4.78, 5) is 11.2. The van der Waals surface area contributed by atoms with Crippen LogP contribution >= 0.6 is 0 Å². The Balaban J connectivity index is 2.33. The maximum Gasteiger partial charge on any atom is 0.271 e. The average molecular weight is 251 g/mol. The van der Waals surface area contributed by atoms with E-state index in [1.54, 1.807) is 19.2 Å². The van der Waals surface area contributed by atoms with E-state index in [-0.39, 0.29) is 5.91 Å². The number of rotatable bonds is 7. The number of carbonyl (C=O) groups is 1. The minimum absolute atomic E-state index is 0.231. The van der Waals surface area contributed by atoms with Crippen LogP contribution in [-0.4, -0.2) is 36.2 Å². The summed E-state index contributed by atoms with van der Waals surface area (Å²) in [6.07, 6.45) is 2.13. The number of aromatic nitrogens is 2. The quantitative estimate of drug-likeness (QED) is 0.618. The topological polar surface area (TPSA) is 92.9 Å². The number of nitrogens with one attached hydrogen (secondary N) is 2. The van der Waals surface area contributed by atoms with E-state index in [2.05, 4.69) is 27.8 Å². The van der Waals surface area contributed by atoms with E-state index in [4.69, 9.17) is 5.73 Å². The molecule has 0 aliphatic carbocycles. The van der Waals surface area contributed by atoms with Gasteiger partial charge in [0.2, 0.25) is 0 Å². The van der Waals surface area contributed by atoms with E-state index in [1.165, 1.54) is 0 Å². The Morgan fingerprint density at radius 2 is 2.22 bits per heavy atom. The van der Waals surface area contributed by atoms with Crippen molar-refractivity contribution < 1.29 is 4.79 Å². The van der Waals surface area contributed by atoms with Crippen LogP contribution in [0, 0.1) is 5.92 Å². The van der Waals surface area contributed by atoms with Crippen molar-refractivity contribution in [2.24, 2.45) is 11.7 Å². The number of nitrogens with zero attached hydrogens (tertiary/aromatic N) is 2. The van der Waals surface area contributed by atoms with E-state index in [0.717, 1.165) is 25.9 Å². The highest BCUT2D eigenvalue weighted by Gasteiger charge is 2.05. The van der Waals surface area contributed by atoms with Crippen molar-refractivity contribution >= 4 is 11.7 Å². The van der Waals surface area contributed by atoms with Crippen LogP contribution in [0.5, 0.6) is 0 Å². The third-order valence-corrected chi connectivity index (χ3v) is 2.71. The number of amides is 1. The highest BCUT2D eigenvalue weighted by molar-refractivity contribution is 5.91. The van der Waals surface area contributed by atoms with Crippen molar-refractivity contribution in [1.29, 1.82) is 0 Å². The molecule has 0 radical (unpaired) electrons. The molecule has 1 amide bonds. The first-order valence-corrected chi connectivity index (χ1v) is 6.17. The zero-order valence-corrected chi connectivity index (χ0v) is 10.9. The van der Waals surface area contributed by atoms with Gasteiger partial charge in [0, 0.05) is 13.6 Å². The van der Waals surface area contributed by atoms with Gasteiger partial charge in [-0.2, -0.15) is 0 Å². The van der Waals surface area contributed by atoms with Crippen molar-refractivity contribution in [3.05, 3.63) is 17.8 Å². The van der Waals surface area contributed by atoms with Gasteiger partial charge in [-0.15, -0.1) is 10.2 Å². The van der Waals surface area contributed by atoms with E-state index in [0.29, 0.717) is 17.4 Å². The zero-order valence-electron chi connectivity index (χ0n) is 10.9. The number of hydrogen-bond donors (Lipinski definition) is 3. The molecule has 4 N–H and O–H groups in total. The molecule has 0 saturated carbocycles. The summed E-state index contributed by atoms with van der Waals surface area (Å²) in [5.41, 5.74) is 5.86. The predicted molar refractivity (Wildman–Crippen MR) is 71.4 cm³/mol. The third kappa shape index (κ3) is 4.67. The molecule has 6 heteroatoms. The van der Waals surface area contributed by atoms with Crippen molar-refractivity contribution in [1.82, 2.24) is 15.5 Å². The van der Waals surface area contributed by atoms with Gasteiger partial charge in [0.05, 0.1) is 0 Å². The largest absolute Gasteiger partial charge is 0.369 e. The first kappa shape index (κ1) is 14.4. The number of anilines is 1. The van der Waals surface area contributed by atoms with Crippen LogP contribution in [0.15, 0.2) is 12.1 Å². The maximum absolute atomic E-state index is 11.2. The number of hydrogen-bond acceptors (Lipinski definition) is 5. The molecule has 6 nitrogen and oxygen atoms in total. The molecule has 18 heavy (non-hydrogen) atoms. The fraction of sp³-hybridized carbons (Fsp3) is 0.583. The Labute approximate surface area is 107 Å². The molecule has 0 spiro atoms. The van der Waals surface area contributed by atoms with Gasteiger partial charge in [-0.25, -0.2) is 0 Å². The molecule has 1 aromatic heterocycles. The number of nitrogens with two attached hydrogens (primary N) is 1. The molecule has 1 aromatic rings. The lowest BCUT2D eigenvalue weighted by Crippen LogP contribution is -2.20. The van der Waals surface area contributed by atoms with Gasteiger partial charge in [-0.1, -0.05) is 6.92 Å². The fourth-order valence-corrected chi connectivity index (χ4v) is 1.46. The molecule has 0 aliphatic rings. The van der Waals surface area contributed by atoms with Gasteiger partial charge < -0.3 is 16.4 Å². The van der Waals surface area contributed by atoms with Crippen LogP contribution in [0.2, 0.25) is 0 Å². The van der Waals surface area contributed by atoms with Crippen LogP contribution in [0.25, 0.3) is 0 Å². The molecule has 1 heterocycles. The van der Waals surface area contributed by atoms with Gasteiger partial charge in [-0.05, 0) is 37.4 Å². The molecular formula is C12H21N5O. The first-order valence-electron chi connectivity index (χ1n) is 6.17. The van der Waals surface area contributed by atoms with Crippen molar-refractivity contribution in [2.75, 3.05) is 25.5 Å². The molecule has 0 aromatic carbocycles. The molecule has 0 saturated heterocycles. The standard InChI is InChI=1S/C12H21N5O/c1-9(8-13)4-3-7-15-11-6-5-10(16-17-11)12(18)14-2/h5-6,9H,3-4,7-8,13H2,1-2H3,(H,14,18)(H,15,17). The second-order valence-corrected chi connectivity index (χ2v) is 4.29. The third-order valence-electron chi connectivity index (χ3n) is 2.71. The van der Waals surface area contributed by atoms with Gasteiger partial charge in [-0.3, -0.25) is 4.79 Å². The van der Waals surface area contributed by atoms with Gasteiger partial charge >= 0.3 is 0 Å². The molecular weight excluding hydrogens is 230 g/mol. The second kappa shape index (κ2) is 7.60. The monoisotopic (exact) mass is 251 g/mol. The summed E-state index contributed by atoms with van der Waals surface area (Å²) in [7, 11) is 1.56. The Kier molecular flexibility index (Phi) is 6.07. The molecule has 0 aliphatic heterocycles. The van der Waals surface area contributed by atoms with E-state index in [9.17, 15) is 4.79 Å². The second-order valence-electron chi connectivity index (χ2n) is 4.29. The van der Waals surface area contributed by atoms with Crippen molar-refractivity contribution in [3.63, 3.8) is 0 Å². The van der Waals surface area contributed by atoms with Crippen molar-refractivity contribution in [3.8, 4) is 0 Å². The Bertz CT molecular complexity index is 365. The molecule has 1 rings (SSSR count). The minimum Gasteiger partial charge on any atom is -0.369 e. The highest BCUT2D eigenvalue weighted by atomic mass is 16.1. The van der Waals surface area contributed by atoms with Crippen LogP contribution in [0.1, 0.15) is 30.3 Å². The van der Waals surface area contributed by atoms with Crippen LogP contribution in [-0.2, 0) is 0 Å². The van der Waals surface area contributed by atoms with Gasteiger partial charge in [0.1, 0.15) is 5.82 Å². The normalized spacial score (nSPS) is 11.9. The molecule has 1 atom stereocenters. The lowest BCUT2D eigenvalue weighted by Gasteiger charge is -2.08. The molecule has 0 fully saturated rings. The minimum atomic E-state index is -0.231. The predicted octanol–water partition coefficient (Wildman–Crippen LogP) is 0.623. The number of carbonyl (C=O) groups excluding carboxylic acids is 1. The molecule has 100 valence electrons. The van der Waals surface area contributed by atoms with Crippen molar-refractivity contribution in [2.45, 2.75) is 19.8 Å². The Morgan fingerprint density at radius 3 is 2.78 bits per heavy atom. The SMILES string of the molecule is CNC(=O)c1ccc(NCCCC(C)CN)nn1. The summed E-state index contributed by atoms with van der Waals surface area (Å²) in [6, 6.07) is 3.40. The van der Waals surface area contributed by atoms with E-state index >= 15 is 0 Å². The lowest BCUT2D eigenvalue weighted by atomic mass is 10.1. The van der Waals surface area contributed by atoms with Crippen LogP contribution in [0.4, 0.5) is 5.82 Å². The van der Waals surface area contributed by atoms with E-state index in [1.807, 2.05) is 0 Å². The van der Waals surface area contributed by atoms with Crippen LogP contribution in [0.3, 0.4) is 0 Å². The van der Waals surface area contributed by atoms with Crippen LogP contribution < -0.4 is 16.4 Å². The van der Waals surface area contributed by atoms with E-state index < -0.39 is 0 Å². The summed E-state index contributed by atoms with van der Waals surface area (Å²) >= 11 is 0. The fourth-order valence-electron chi connectivity index (χ4n) is 1.46. The Hall–Kier alpha value is -1.69. The summed E-state index contributed by atoms with van der Waals surface area (Å²) in [5, 5.41) is 13.4. The molecule has 0 bridgehead atoms. The summed E-state index contributed by atoms with van der Waals surface area (Å²) < 4.78 is 0. The summed E-state index contributed by atoms with van der Waals surface area (Å²) in [5.74, 6) is 1.00. The highest BCUT2D eigenvalue weighted by Crippen LogP contribution is 2.05. The summed E-state index contributed by atoms with van der Waals surface area (Å²) in [6.45, 7) is 3.69. The molecule has 1 unspecified atom stereocenters. The van der Waals surface area contributed by atoms with Gasteiger partial charge in [0.15, 0.2) is 5.69 Å². The maximum atomic E-state index is 11.2. The van der Waals surface area contributed by atoms with Gasteiger partial charge in [0.25, 0.3) is 5.91 Å². The Morgan fingerprint density at radius 1 is 1.44 bits per heavy atom. The smallest absolute Gasteiger partial charge is 0.271 e. The zero-order chi connectivity index (χ0) is 13.4. The first-order chi connectivity index (χ1) is 8.67. The lowest BCUT2D eigenvalue weighted by molar-refractivity contribution is 0.0957.